The lowest BCUT2D eigenvalue weighted by molar-refractivity contribution is 0.854. The molecule has 0 aromatic rings. The van der Waals surface area contributed by atoms with Gasteiger partial charge in [0.2, 0.25) is 0 Å². The molecule has 0 N–H and O–H groups in total. The van der Waals surface area contributed by atoms with Gasteiger partial charge >= 0.3 is 0 Å². The summed E-state index contributed by atoms with van der Waals surface area (Å²) in [6.45, 7) is 0. The van der Waals surface area contributed by atoms with Crippen molar-refractivity contribution in [2.45, 2.75) is 59.5 Å². The van der Waals surface area contributed by atoms with Crippen LogP contribution in [0, 0.1) is 0 Å². The fraction of sp³-hybridized carbons (Fsp3) is 1.00. The molecule has 0 aliphatic rings. The fourth-order valence-corrected chi connectivity index (χ4v) is 10.2. The van der Waals surface area contributed by atoms with Gasteiger partial charge < -0.3 is 0 Å². The Morgan fingerprint density at radius 3 is 1.44 bits per heavy atom. The summed E-state index contributed by atoms with van der Waals surface area (Å²) < 4.78 is 0. The molecule has 0 nitrogen and oxygen atoms in total. The molecule has 0 aliphatic heterocycles. The van der Waals surface area contributed by atoms with E-state index in [4.69, 9.17) is 0 Å². The Hall–Kier alpha value is 2.35. The third-order valence-electron chi connectivity index (χ3n) is 3.13. The monoisotopic (exact) mass is 542 g/mol. The van der Waals surface area contributed by atoms with Gasteiger partial charge in [0.05, 0.1) is 0 Å². The summed E-state index contributed by atoms with van der Waals surface area (Å²) in [4.78, 5) is 1.58. The molecular formula is C12H26Br4Si2. The molecule has 2 unspecified atom stereocenters. The van der Waals surface area contributed by atoms with Crippen molar-refractivity contribution in [2.24, 2.45) is 0 Å². The summed E-state index contributed by atoms with van der Waals surface area (Å²) in [7, 11) is 0.436. The summed E-state index contributed by atoms with van der Waals surface area (Å²) >= 11 is 14.5. The van der Waals surface area contributed by atoms with Gasteiger partial charge in [-0.15, -0.1) is 0 Å². The van der Waals surface area contributed by atoms with Gasteiger partial charge in [-0.3, -0.25) is 0 Å². The van der Waals surface area contributed by atoms with Crippen LogP contribution in [0.1, 0.15) is 25.7 Å². The largest absolute Gasteiger partial charge is 0.0928 e. The molecule has 0 radical (unpaired) electrons. The highest BCUT2D eigenvalue weighted by Crippen LogP contribution is 2.15. The second-order valence-corrected chi connectivity index (χ2v) is 13.0. The quantitative estimate of drug-likeness (QED) is 0.176. The lowest BCUT2D eigenvalue weighted by atomic mass is 10.4. The number of unbranched alkanes of at least 4 members (excludes halogenated alkanes) is 1. The molecule has 0 spiro atoms. The summed E-state index contributed by atoms with van der Waals surface area (Å²) in [5, 5.41) is 2.29. The molecule has 6 heteroatoms. The number of rotatable bonds is 13. The van der Waals surface area contributed by atoms with E-state index < -0.39 is 0 Å². The SMILES string of the molecule is BrCCC(Br)C[SiH2]CCCC[SiH2]CC(Br)CCBr. The summed E-state index contributed by atoms with van der Waals surface area (Å²) in [5.41, 5.74) is 0. The van der Waals surface area contributed by atoms with Crippen LogP contribution in [-0.2, 0) is 0 Å². The first-order valence-electron chi connectivity index (χ1n) is 7.10. The van der Waals surface area contributed by atoms with E-state index in [-0.39, 0.29) is 19.0 Å². The molecule has 0 rings (SSSR count). The van der Waals surface area contributed by atoms with Gasteiger partial charge in [0.1, 0.15) is 0 Å². The van der Waals surface area contributed by atoms with Crippen molar-refractivity contribution in [1.29, 1.82) is 0 Å². The van der Waals surface area contributed by atoms with E-state index in [0.29, 0.717) is 0 Å². The molecule has 0 bridgehead atoms. The van der Waals surface area contributed by atoms with Gasteiger partial charge in [-0.1, -0.05) is 101 Å². The maximum absolute atomic E-state index is 3.77. The molecule has 18 heavy (non-hydrogen) atoms. The van der Waals surface area contributed by atoms with Crippen LogP contribution in [-0.4, -0.2) is 39.4 Å². The van der Waals surface area contributed by atoms with Crippen molar-refractivity contribution < 1.29 is 0 Å². The van der Waals surface area contributed by atoms with E-state index in [1.165, 1.54) is 37.8 Å². The van der Waals surface area contributed by atoms with E-state index in [1.54, 1.807) is 12.1 Å². The zero-order chi connectivity index (χ0) is 13.6. The van der Waals surface area contributed by atoms with Crippen LogP contribution in [0.5, 0.6) is 0 Å². The zero-order valence-corrected chi connectivity index (χ0v) is 20.3. The molecule has 0 saturated heterocycles. The molecule has 2 atom stereocenters. The zero-order valence-electron chi connectivity index (χ0n) is 11.2. The molecule has 0 amide bonds. The maximum Gasteiger partial charge on any atom is 0.0210 e. The van der Waals surface area contributed by atoms with Crippen molar-refractivity contribution in [3.63, 3.8) is 0 Å². The smallest absolute Gasteiger partial charge is 0.0210 e. The van der Waals surface area contributed by atoms with Crippen molar-refractivity contribution in [3.05, 3.63) is 0 Å². The average Bonchev–Trinajstić information content (AvgIpc) is 2.33. The first-order valence-corrected chi connectivity index (χ1v) is 15.2. The molecule has 0 heterocycles. The Balaban J connectivity index is 3.11. The Bertz CT molecular complexity index is 154. The van der Waals surface area contributed by atoms with E-state index in [9.17, 15) is 0 Å². The summed E-state index contributed by atoms with van der Waals surface area (Å²) in [6, 6.07) is 6.10. The predicted octanol–water partition coefficient (Wildman–Crippen LogP) is 4.87. The number of alkyl halides is 4. The number of halogens is 4. The highest BCUT2D eigenvalue weighted by molar-refractivity contribution is 9.10. The van der Waals surface area contributed by atoms with Gasteiger partial charge in [0.15, 0.2) is 0 Å². The van der Waals surface area contributed by atoms with Gasteiger partial charge in [0, 0.05) is 39.4 Å². The third-order valence-corrected chi connectivity index (χ3v) is 11.8. The Morgan fingerprint density at radius 1 is 0.722 bits per heavy atom. The third kappa shape index (κ3) is 14.8. The van der Waals surface area contributed by atoms with Crippen LogP contribution in [0.2, 0.25) is 24.2 Å². The lowest BCUT2D eigenvalue weighted by Gasteiger charge is -2.08. The van der Waals surface area contributed by atoms with Gasteiger partial charge in [-0.05, 0) is 12.8 Å². The second kappa shape index (κ2) is 15.7. The average molecular weight is 546 g/mol. The van der Waals surface area contributed by atoms with E-state index in [1.807, 2.05) is 0 Å². The topological polar surface area (TPSA) is 0 Å². The predicted molar refractivity (Wildman–Crippen MR) is 108 cm³/mol. The first-order chi connectivity index (χ1) is 8.70. The van der Waals surface area contributed by atoms with Crippen LogP contribution in [0.15, 0.2) is 0 Å². The van der Waals surface area contributed by atoms with Crippen molar-refractivity contribution in [2.75, 3.05) is 10.7 Å². The minimum atomic E-state index is 0.218. The highest BCUT2D eigenvalue weighted by Gasteiger charge is 2.04. The first kappa shape index (κ1) is 20.4. The fourth-order valence-electron chi connectivity index (χ4n) is 1.96. The number of hydrogen-bond donors (Lipinski definition) is 0. The molecule has 0 fully saturated rings. The Kier molecular flexibility index (Phi) is 17.8. The summed E-state index contributed by atoms with van der Waals surface area (Å²) in [6.07, 6.45) is 5.61. The molecule has 110 valence electrons. The van der Waals surface area contributed by atoms with Crippen molar-refractivity contribution >= 4 is 82.8 Å². The molecule has 0 aromatic carbocycles. The van der Waals surface area contributed by atoms with Gasteiger partial charge in [-0.2, -0.15) is 0 Å². The minimum Gasteiger partial charge on any atom is -0.0928 e. The second-order valence-electron chi connectivity index (χ2n) is 4.85. The lowest BCUT2D eigenvalue weighted by Crippen LogP contribution is -2.04. The number of hydrogen-bond acceptors (Lipinski definition) is 0. The van der Waals surface area contributed by atoms with Crippen molar-refractivity contribution in [1.82, 2.24) is 0 Å². The Labute approximate surface area is 151 Å². The maximum atomic E-state index is 3.77. The van der Waals surface area contributed by atoms with Crippen molar-refractivity contribution in [3.8, 4) is 0 Å². The summed E-state index contributed by atoms with van der Waals surface area (Å²) in [5.74, 6) is 0. The van der Waals surface area contributed by atoms with Crippen LogP contribution in [0.4, 0.5) is 0 Å². The van der Waals surface area contributed by atoms with E-state index in [0.717, 1.165) is 20.3 Å². The van der Waals surface area contributed by atoms with E-state index in [2.05, 4.69) is 63.7 Å². The van der Waals surface area contributed by atoms with Gasteiger partial charge in [0.25, 0.3) is 0 Å². The molecule has 0 aliphatic carbocycles. The van der Waals surface area contributed by atoms with E-state index >= 15 is 0 Å². The van der Waals surface area contributed by atoms with Gasteiger partial charge in [-0.25, -0.2) is 0 Å². The van der Waals surface area contributed by atoms with Crippen LogP contribution in [0.3, 0.4) is 0 Å². The van der Waals surface area contributed by atoms with Crippen LogP contribution in [0.25, 0.3) is 0 Å². The molecule has 0 aromatic heterocycles. The molecule has 0 saturated carbocycles. The normalized spacial score (nSPS) is 16.0. The minimum absolute atomic E-state index is 0.218. The van der Waals surface area contributed by atoms with Crippen LogP contribution >= 0.6 is 63.7 Å². The molecular weight excluding hydrogens is 520 g/mol. The Morgan fingerprint density at radius 2 is 1.11 bits per heavy atom. The highest BCUT2D eigenvalue weighted by atomic mass is 79.9. The van der Waals surface area contributed by atoms with Crippen LogP contribution < -0.4 is 0 Å². The standard InChI is InChI=1S/C12H26Br4Si2/c13-5-3-11(15)9-17-7-1-2-8-18-10-12(16)4-6-14/h11-12H,1-10,17-18H2.